The predicted octanol–water partition coefficient (Wildman–Crippen LogP) is 2.34. The standard InChI is InChI=1S/C15H15F2NO3/c16-11-4-5-12(17)10(8-11)3-6-15(20)18-9-13(19)14-2-1-7-21-14/h1-2,4-5,7-8,13,19H,3,6,9H2,(H,18,20). The monoisotopic (exact) mass is 295 g/mol. The van der Waals surface area contributed by atoms with Crippen LogP contribution in [-0.2, 0) is 11.2 Å². The van der Waals surface area contributed by atoms with Crippen molar-refractivity contribution in [2.45, 2.75) is 18.9 Å². The number of benzene rings is 1. The Hall–Kier alpha value is -2.21. The summed E-state index contributed by atoms with van der Waals surface area (Å²) >= 11 is 0. The molecule has 0 radical (unpaired) electrons. The number of hydrogen-bond donors (Lipinski definition) is 2. The molecule has 0 spiro atoms. The molecule has 21 heavy (non-hydrogen) atoms. The largest absolute Gasteiger partial charge is 0.467 e. The number of furan rings is 1. The van der Waals surface area contributed by atoms with Crippen molar-refractivity contribution in [1.29, 1.82) is 0 Å². The van der Waals surface area contributed by atoms with Gasteiger partial charge in [0.1, 0.15) is 23.5 Å². The van der Waals surface area contributed by atoms with Crippen LogP contribution in [-0.4, -0.2) is 17.6 Å². The number of amides is 1. The summed E-state index contributed by atoms with van der Waals surface area (Å²) in [5.41, 5.74) is 0.150. The van der Waals surface area contributed by atoms with Crippen molar-refractivity contribution in [1.82, 2.24) is 5.32 Å². The minimum absolute atomic E-state index is 0.00200. The maximum Gasteiger partial charge on any atom is 0.220 e. The van der Waals surface area contributed by atoms with E-state index in [0.717, 1.165) is 18.2 Å². The van der Waals surface area contributed by atoms with E-state index in [2.05, 4.69) is 5.32 Å². The maximum atomic E-state index is 13.4. The Labute approximate surface area is 120 Å². The maximum absolute atomic E-state index is 13.4. The lowest BCUT2D eigenvalue weighted by molar-refractivity contribution is -0.121. The average molecular weight is 295 g/mol. The highest BCUT2D eigenvalue weighted by atomic mass is 19.1. The number of aliphatic hydroxyl groups is 1. The van der Waals surface area contributed by atoms with Crippen LogP contribution < -0.4 is 5.32 Å². The molecule has 0 saturated carbocycles. The predicted molar refractivity (Wildman–Crippen MR) is 71.4 cm³/mol. The van der Waals surface area contributed by atoms with Crippen LogP contribution in [0.1, 0.15) is 23.8 Å². The SMILES string of the molecule is O=C(CCc1cc(F)ccc1F)NCC(O)c1ccco1. The first-order valence-corrected chi connectivity index (χ1v) is 6.48. The highest BCUT2D eigenvalue weighted by Crippen LogP contribution is 2.13. The van der Waals surface area contributed by atoms with E-state index in [0.29, 0.717) is 5.76 Å². The zero-order valence-electron chi connectivity index (χ0n) is 11.2. The number of carbonyl (C=O) groups is 1. The number of aliphatic hydroxyl groups excluding tert-OH is 1. The van der Waals surface area contributed by atoms with Crippen LogP contribution in [0.25, 0.3) is 0 Å². The molecule has 2 N–H and O–H groups in total. The van der Waals surface area contributed by atoms with Crippen LogP contribution in [0.3, 0.4) is 0 Å². The molecule has 2 rings (SSSR count). The Bertz CT molecular complexity index is 599. The van der Waals surface area contributed by atoms with Crippen LogP contribution in [0.4, 0.5) is 8.78 Å². The smallest absolute Gasteiger partial charge is 0.220 e. The fourth-order valence-electron chi connectivity index (χ4n) is 1.86. The Morgan fingerprint density at radius 2 is 2.14 bits per heavy atom. The van der Waals surface area contributed by atoms with Crippen molar-refractivity contribution in [3.63, 3.8) is 0 Å². The van der Waals surface area contributed by atoms with Gasteiger partial charge in [-0.05, 0) is 42.3 Å². The second-order valence-corrected chi connectivity index (χ2v) is 4.57. The van der Waals surface area contributed by atoms with E-state index in [1.165, 1.54) is 6.26 Å². The third-order valence-corrected chi connectivity index (χ3v) is 2.99. The normalized spacial score (nSPS) is 12.1. The summed E-state index contributed by atoms with van der Waals surface area (Å²) < 4.78 is 31.3. The molecule has 0 aliphatic carbocycles. The van der Waals surface area contributed by atoms with Crippen LogP contribution in [0, 0.1) is 11.6 Å². The van der Waals surface area contributed by atoms with Crippen LogP contribution in [0.15, 0.2) is 41.0 Å². The fraction of sp³-hybridized carbons (Fsp3) is 0.267. The zero-order valence-corrected chi connectivity index (χ0v) is 11.2. The molecule has 112 valence electrons. The molecule has 1 unspecified atom stereocenters. The van der Waals surface area contributed by atoms with Gasteiger partial charge in [-0.1, -0.05) is 0 Å². The van der Waals surface area contributed by atoms with Gasteiger partial charge in [-0.3, -0.25) is 4.79 Å². The molecule has 0 bridgehead atoms. The molecule has 6 heteroatoms. The number of aryl methyl sites for hydroxylation is 1. The topological polar surface area (TPSA) is 62.5 Å². The van der Waals surface area contributed by atoms with E-state index in [1.54, 1.807) is 12.1 Å². The summed E-state index contributed by atoms with van der Waals surface area (Å²) in [6, 6.07) is 6.36. The first-order chi connectivity index (χ1) is 10.1. The lowest BCUT2D eigenvalue weighted by Gasteiger charge is -2.09. The number of halogens is 2. The van der Waals surface area contributed by atoms with E-state index in [9.17, 15) is 18.7 Å². The van der Waals surface area contributed by atoms with Gasteiger partial charge in [-0.2, -0.15) is 0 Å². The quantitative estimate of drug-likeness (QED) is 0.860. The molecular weight excluding hydrogens is 280 g/mol. The van der Waals surface area contributed by atoms with Crippen LogP contribution in [0.5, 0.6) is 0 Å². The Balaban J connectivity index is 1.78. The molecule has 0 aliphatic rings. The summed E-state index contributed by atoms with van der Waals surface area (Å²) in [4.78, 5) is 11.6. The first-order valence-electron chi connectivity index (χ1n) is 6.48. The minimum Gasteiger partial charge on any atom is -0.467 e. The van der Waals surface area contributed by atoms with Gasteiger partial charge in [-0.25, -0.2) is 8.78 Å². The lowest BCUT2D eigenvalue weighted by Crippen LogP contribution is -2.28. The van der Waals surface area contributed by atoms with Gasteiger partial charge in [0.2, 0.25) is 5.91 Å². The fourth-order valence-corrected chi connectivity index (χ4v) is 1.86. The van der Waals surface area contributed by atoms with Crippen LogP contribution >= 0.6 is 0 Å². The van der Waals surface area contributed by atoms with Crippen molar-refractivity contribution < 1.29 is 23.1 Å². The van der Waals surface area contributed by atoms with Gasteiger partial charge in [0.05, 0.1) is 12.8 Å². The Kier molecular flexibility index (Phi) is 5.05. The van der Waals surface area contributed by atoms with E-state index in [4.69, 9.17) is 4.42 Å². The highest BCUT2D eigenvalue weighted by Gasteiger charge is 2.12. The number of carbonyl (C=O) groups excluding carboxylic acids is 1. The molecule has 1 amide bonds. The van der Waals surface area contributed by atoms with Crippen molar-refractivity contribution >= 4 is 5.91 Å². The summed E-state index contributed by atoms with van der Waals surface area (Å²) in [5, 5.41) is 12.2. The molecule has 1 atom stereocenters. The Morgan fingerprint density at radius 1 is 1.33 bits per heavy atom. The van der Waals surface area contributed by atoms with Gasteiger partial charge >= 0.3 is 0 Å². The average Bonchev–Trinajstić information content (AvgIpc) is 3.00. The molecule has 4 nitrogen and oxygen atoms in total. The van der Waals surface area contributed by atoms with Crippen molar-refractivity contribution in [2.75, 3.05) is 6.54 Å². The summed E-state index contributed by atoms with van der Waals surface area (Å²) in [5.74, 6) is -1.09. The molecule has 0 fully saturated rings. The minimum atomic E-state index is -0.935. The number of rotatable bonds is 6. The second kappa shape index (κ2) is 6.99. The molecule has 1 aromatic carbocycles. The van der Waals surface area contributed by atoms with E-state index >= 15 is 0 Å². The van der Waals surface area contributed by atoms with Gasteiger partial charge in [0.25, 0.3) is 0 Å². The van der Waals surface area contributed by atoms with Gasteiger partial charge in [0, 0.05) is 6.42 Å². The molecule has 2 aromatic rings. The number of hydrogen-bond acceptors (Lipinski definition) is 3. The first kappa shape index (κ1) is 15.2. The van der Waals surface area contributed by atoms with Crippen LogP contribution in [0.2, 0.25) is 0 Å². The van der Waals surface area contributed by atoms with Gasteiger partial charge < -0.3 is 14.8 Å². The van der Waals surface area contributed by atoms with E-state index in [1.807, 2.05) is 0 Å². The molecule has 1 aromatic heterocycles. The molecule has 1 heterocycles. The van der Waals surface area contributed by atoms with Crippen molar-refractivity contribution in [3.05, 3.63) is 59.6 Å². The van der Waals surface area contributed by atoms with Gasteiger partial charge in [-0.15, -0.1) is 0 Å². The van der Waals surface area contributed by atoms with Gasteiger partial charge in [0.15, 0.2) is 0 Å². The Morgan fingerprint density at radius 3 is 2.86 bits per heavy atom. The summed E-state index contributed by atoms with van der Waals surface area (Å²) in [6.07, 6.45) is 0.583. The summed E-state index contributed by atoms with van der Waals surface area (Å²) in [6.45, 7) is -0.00200. The third kappa shape index (κ3) is 4.39. The lowest BCUT2D eigenvalue weighted by atomic mass is 10.1. The summed E-state index contributed by atoms with van der Waals surface area (Å²) in [7, 11) is 0. The third-order valence-electron chi connectivity index (χ3n) is 2.99. The zero-order chi connectivity index (χ0) is 15.2. The van der Waals surface area contributed by atoms with E-state index < -0.39 is 17.7 Å². The molecule has 0 saturated heterocycles. The highest BCUT2D eigenvalue weighted by molar-refractivity contribution is 5.76. The van der Waals surface area contributed by atoms with Crippen molar-refractivity contribution in [3.8, 4) is 0 Å². The van der Waals surface area contributed by atoms with Crippen molar-refractivity contribution in [2.24, 2.45) is 0 Å². The van der Waals surface area contributed by atoms with E-state index in [-0.39, 0.29) is 30.9 Å². The number of nitrogens with one attached hydrogen (secondary N) is 1. The molecular formula is C15H15F2NO3. The molecule has 0 aliphatic heterocycles. The second-order valence-electron chi connectivity index (χ2n) is 4.57.